The zero-order valence-electron chi connectivity index (χ0n) is 14.1. The third-order valence-corrected chi connectivity index (χ3v) is 3.48. The van der Waals surface area contributed by atoms with Gasteiger partial charge in [0.2, 0.25) is 0 Å². The monoisotopic (exact) mass is 323 g/mol. The Morgan fingerprint density at radius 1 is 1.00 bits per heavy atom. The lowest BCUT2D eigenvalue weighted by molar-refractivity contribution is -0.386. The van der Waals surface area contributed by atoms with Crippen molar-refractivity contribution >= 4 is 17.6 Å². The lowest BCUT2D eigenvalue weighted by Crippen LogP contribution is -2.26. The van der Waals surface area contributed by atoms with Crippen molar-refractivity contribution in [3.63, 3.8) is 0 Å². The third-order valence-electron chi connectivity index (χ3n) is 3.48. The molecular formula is C16H21NO6. The molecular weight excluding hydrogens is 302 g/mol. The van der Waals surface area contributed by atoms with E-state index >= 15 is 0 Å². The molecule has 0 atom stereocenters. The summed E-state index contributed by atoms with van der Waals surface area (Å²) in [6.45, 7) is 9.89. The Hall–Kier alpha value is -2.44. The second-order valence-corrected chi connectivity index (χ2v) is 7.44. The second-order valence-electron chi connectivity index (χ2n) is 7.44. The van der Waals surface area contributed by atoms with Crippen molar-refractivity contribution in [1.29, 1.82) is 0 Å². The zero-order valence-corrected chi connectivity index (χ0v) is 14.1. The molecule has 0 fully saturated rings. The molecule has 2 N–H and O–H groups in total. The summed E-state index contributed by atoms with van der Waals surface area (Å²) in [7, 11) is 0. The van der Waals surface area contributed by atoms with E-state index in [9.17, 15) is 29.9 Å². The largest absolute Gasteiger partial charge is 0.478 e. The Morgan fingerprint density at radius 2 is 1.48 bits per heavy atom. The highest BCUT2D eigenvalue weighted by molar-refractivity contribution is 6.01. The van der Waals surface area contributed by atoms with Crippen LogP contribution in [0.15, 0.2) is 6.07 Å². The van der Waals surface area contributed by atoms with Gasteiger partial charge in [-0.2, -0.15) is 0 Å². The number of hydrogen-bond acceptors (Lipinski definition) is 4. The molecule has 0 aliphatic carbocycles. The number of nitrogens with zero attached hydrogens (tertiary/aromatic N) is 1. The van der Waals surface area contributed by atoms with E-state index < -0.39 is 38.9 Å². The SMILES string of the molecule is CC(C)(C)c1cc(C(=O)O)c(C(C)(C)C)c(C(=O)O)c1[N+](=O)[O-]. The Morgan fingerprint density at radius 3 is 1.74 bits per heavy atom. The number of nitro benzene ring substituents is 1. The van der Waals surface area contributed by atoms with Crippen LogP contribution in [0.5, 0.6) is 0 Å². The van der Waals surface area contributed by atoms with Crippen molar-refractivity contribution in [3.8, 4) is 0 Å². The summed E-state index contributed by atoms with van der Waals surface area (Å²) in [6, 6.07) is 1.23. The molecule has 0 spiro atoms. The molecule has 0 amide bonds. The number of benzene rings is 1. The van der Waals surface area contributed by atoms with Crippen molar-refractivity contribution < 1.29 is 24.7 Å². The van der Waals surface area contributed by atoms with Crippen LogP contribution in [0, 0.1) is 10.1 Å². The predicted molar refractivity (Wildman–Crippen MR) is 84.4 cm³/mol. The highest BCUT2D eigenvalue weighted by Crippen LogP contribution is 2.41. The van der Waals surface area contributed by atoms with Gasteiger partial charge in [0.15, 0.2) is 0 Å². The fourth-order valence-corrected chi connectivity index (χ4v) is 2.59. The fourth-order valence-electron chi connectivity index (χ4n) is 2.59. The second kappa shape index (κ2) is 5.64. The smallest absolute Gasteiger partial charge is 0.343 e. The Labute approximate surface area is 134 Å². The number of nitro groups is 1. The van der Waals surface area contributed by atoms with Gasteiger partial charge in [0, 0.05) is 5.56 Å². The maximum atomic E-state index is 11.8. The number of hydrogen-bond donors (Lipinski definition) is 2. The van der Waals surface area contributed by atoms with E-state index in [1.54, 1.807) is 41.5 Å². The summed E-state index contributed by atoms with van der Waals surface area (Å²) in [5, 5.41) is 30.6. The highest BCUT2D eigenvalue weighted by atomic mass is 16.6. The minimum Gasteiger partial charge on any atom is -0.478 e. The number of aromatic carboxylic acids is 2. The van der Waals surface area contributed by atoms with Gasteiger partial charge in [0.25, 0.3) is 5.69 Å². The van der Waals surface area contributed by atoms with Crippen LogP contribution in [0.25, 0.3) is 0 Å². The first-order valence-electron chi connectivity index (χ1n) is 7.02. The van der Waals surface area contributed by atoms with Crippen molar-refractivity contribution in [3.05, 3.63) is 38.4 Å². The van der Waals surface area contributed by atoms with Gasteiger partial charge in [0.1, 0.15) is 5.56 Å². The molecule has 0 heterocycles. The van der Waals surface area contributed by atoms with Crippen LogP contribution < -0.4 is 0 Å². The van der Waals surface area contributed by atoms with Gasteiger partial charge in [-0.15, -0.1) is 0 Å². The van der Waals surface area contributed by atoms with Crippen molar-refractivity contribution in [2.75, 3.05) is 0 Å². The van der Waals surface area contributed by atoms with Crippen LogP contribution in [0.2, 0.25) is 0 Å². The van der Waals surface area contributed by atoms with E-state index in [-0.39, 0.29) is 16.7 Å². The average molecular weight is 323 g/mol. The predicted octanol–water partition coefficient (Wildman–Crippen LogP) is 3.59. The van der Waals surface area contributed by atoms with Crippen LogP contribution >= 0.6 is 0 Å². The van der Waals surface area contributed by atoms with E-state index in [1.807, 2.05) is 0 Å². The Balaban J connectivity index is 4.22. The summed E-state index contributed by atoms with van der Waals surface area (Å²) in [4.78, 5) is 34.2. The van der Waals surface area contributed by atoms with Crippen molar-refractivity contribution in [2.24, 2.45) is 0 Å². The molecule has 7 nitrogen and oxygen atoms in total. The molecule has 1 aromatic carbocycles. The molecule has 1 aromatic rings. The van der Waals surface area contributed by atoms with E-state index in [0.717, 1.165) is 0 Å². The summed E-state index contributed by atoms with van der Waals surface area (Å²) >= 11 is 0. The summed E-state index contributed by atoms with van der Waals surface area (Å²) < 4.78 is 0. The lowest BCUT2D eigenvalue weighted by Gasteiger charge is -2.27. The number of carboxylic acid groups (broad SMARTS) is 2. The number of carboxylic acids is 2. The molecule has 0 radical (unpaired) electrons. The van der Waals surface area contributed by atoms with Crippen LogP contribution in [-0.4, -0.2) is 27.1 Å². The van der Waals surface area contributed by atoms with Gasteiger partial charge in [-0.1, -0.05) is 41.5 Å². The fraction of sp³-hybridized carbons (Fsp3) is 0.500. The first-order chi connectivity index (χ1) is 10.2. The maximum Gasteiger partial charge on any atom is 0.343 e. The minimum absolute atomic E-state index is 0.0443. The topological polar surface area (TPSA) is 118 Å². The molecule has 1 rings (SSSR count). The van der Waals surface area contributed by atoms with E-state index in [0.29, 0.717) is 0 Å². The summed E-state index contributed by atoms with van der Waals surface area (Å²) in [6.07, 6.45) is 0. The maximum absolute atomic E-state index is 11.8. The van der Waals surface area contributed by atoms with E-state index in [1.165, 1.54) is 6.07 Å². The molecule has 0 saturated carbocycles. The van der Waals surface area contributed by atoms with Gasteiger partial charge in [-0.05, 0) is 22.5 Å². The van der Waals surface area contributed by atoms with Crippen molar-refractivity contribution in [1.82, 2.24) is 0 Å². The van der Waals surface area contributed by atoms with Gasteiger partial charge in [-0.25, -0.2) is 9.59 Å². The van der Waals surface area contributed by atoms with Crippen LogP contribution in [-0.2, 0) is 10.8 Å². The van der Waals surface area contributed by atoms with Crippen LogP contribution in [0.4, 0.5) is 5.69 Å². The first kappa shape index (κ1) is 18.6. The Kier molecular flexibility index (Phi) is 4.56. The van der Waals surface area contributed by atoms with Gasteiger partial charge in [-0.3, -0.25) is 10.1 Å². The average Bonchev–Trinajstić information content (AvgIpc) is 2.33. The molecule has 7 heteroatoms. The molecule has 0 bridgehead atoms. The molecule has 0 aliphatic heterocycles. The van der Waals surface area contributed by atoms with Crippen LogP contribution in [0.3, 0.4) is 0 Å². The van der Waals surface area contributed by atoms with Crippen LogP contribution in [0.1, 0.15) is 73.4 Å². The molecule has 0 saturated heterocycles. The number of carbonyl (C=O) groups is 2. The molecule has 126 valence electrons. The molecule has 0 unspecified atom stereocenters. The van der Waals surface area contributed by atoms with E-state index in [4.69, 9.17) is 0 Å². The van der Waals surface area contributed by atoms with Crippen molar-refractivity contribution in [2.45, 2.75) is 52.4 Å². The zero-order chi connectivity index (χ0) is 18.3. The molecule has 23 heavy (non-hydrogen) atoms. The normalized spacial score (nSPS) is 12.1. The summed E-state index contributed by atoms with van der Waals surface area (Å²) in [5.74, 6) is -2.81. The minimum atomic E-state index is -1.50. The van der Waals surface area contributed by atoms with Gasteiger partial charge in [0.05, 0.1) is 10.5 Å². The Bertz CT molecular complexity index is 692. The molecule has 0 aliphatic rings. The highest BCUT2D eigenvalue weighted by Gasteiger charge is 2.39. The standard InChI is InChI=1S/C16H21NO6/c1-15(2,3)9-7-8(13(18)19)11(16(4,5)6)10(14(20)21)12(9)17(22)23/h7H,1-6H3,(H,18,19)(H,20,21). The van der Waals surface area contributed by atoms with Gasteiger partial charge < -0.3 is 10.2 Å². The molecule has 0 aromatic heterocycles. The summed E-state index contributed by atoms with van der Waals surface area (Å²) in [5.41, 5.74) is -2.93. The van der Waals surface area contributed by atoms with Gasteiger partial charge >= 0.3 is 11.9 Å². The third kappa shape index (κ3) is 3.49. The number of rotatable bonds is 3. The first-order valence-corrected chi connectivity index (χ1v) is 7.02. The lowest BCUT2D eigenvalue weighted by atomic mass is 9.75. The quantitative estimate of drug-likeness (QED) is 0.648. The van der Waals surface area contributed by atoms with E-state index in [2.05, 4.69) is 0 Å².